The van der Waals surface area contributed by atoms with E-state index >= 15 is 0 Å². The lowest BCUT2D eigenvalue weighted by molar-refractivity contribution is -0.140. The zero-order chi connectivity index (χ0) is 15.6. The van der Waals surface area contributed by atoms with Crippen molar-refractivity contribution >= 4 is 5.97 Å². The fourth-order valence-electron chi connectivity index (χ4n) is 1.73. The van der Waals surface area contributed by atoms with Crippen molar-refractivity contribution in [1.82, 2.24) is 0 Å². The molecule has 0 aliphatic rings. The predicted octanol–water partition coefficient (Wildman–Crippen LogP) is 5.52. The van der Waals surface area contributed by atoms with Crippen molar-refractivity contribution in [1.29, 1.82) is 0 Å². The highest BCUT2D eigenvalue weighted by Crippen LogP contribution is 2.02. The van der Waals surface area contributed by atoms with Gasteiger partial charge in [0.2, 0.25) is 0 Å². The van der Waals surface area contributed by atoms with Crippen molar-refractivity contribution in [3.8, 4) is 0 Å². The topological polar surface area (TPSA) is 26.3 Å². The minimum absolute atomic E-state index is 0.111. The highest BCUT2D eigenvalue weighted by Gasteiger charge is 1.97. The number of hydrogen-bond acceptors (Lipinski definition) is 2. The first kappa shape index (κ1) is 19.4. The Balaban J connectivity index is 3.40. The molecule has 0 heterocycles. The van der Waals surface area contributed by atoms with Crippen LogP contribution in [0.25, 0.3) is 0 Å². The first-order chi connectivity index (χ1) is 10.3. The Morgan fingerprint density at radius 3 is 1.86 bits per heavy atom. The summed E-state index contributed by atoms with van der Waals surface area (Å²) in [6.07, 6.45) is 25.2. The number of unbranched alkanes of at least 4 members (excludes halogenated alkanes) is 2. The molecule has 2 nitrogen and oxygen atoms in total. The van der Waals surface area contributed by atoms with E-state index < -0.39 is 0 Å². The normalized spacial score (nSPS) is 12.3. The molecule has 0 atom stereocenters. The third-order valence-corrected chi connectivity index (χ3v) is 2.95. The summed E-state index contributed by atoms with van der Waals surface area (Å²) in [6, 6.07) is 0. The maximum atomic E-state index is 10.9. The lowest BCUT2D eigenvalue weighted by atomic mass is 10.2. The highest BCUT2D eigenvalue weighted by molar-refractivity contribution is 5.68. The molecule has 0 unspecified atom stereocenters. The van der Waals surface area contributed by atoms with Crippen molar-refractivity contribution in [2.45, 2.75) is 58.3 Å². The minimum atomic E-state index is -0.111. The molecule has 0 bridgehead atoms. The Bertz CT molecular complexity index is 349. The molecule has 0 aliphatic carbocycles. The van der Waals surface area contributed by atoms with Crippen molar-refractivity contribution in [2.24, 2.45) is 0 Å². The fourth-order valence-corrected chi connectivity index (χ4v) is 1.73. The van der Waals surface area contributed by atoms with Crippen LogP contribution in [0.15, 0.2) is 48.6 Å². The lowest BCUT2D eigenvalue weighted by Gasteiger charge is -1.96. The van der Waals surface area contributed by atoms with Crippen LogP contribution in [0.1, 0.15) is 58.3 Å². The number of ether oxygens (including phenoxy) is 1. The van der Waals surface area contributed by atoms with E-state index in [-0.39, 0.29) is 5.97 Å². The van der Waals surface area contributed by atoms with Gasteiger partial charge in [0.15, 0.2) is 0 Å². The van der Waals surface area contributed by atoms with Gasteiger partial charge in [0.05, 0.1) is 7.11 Å². The maximum Gasteiger partial charge on any atom is 0.305 e. The van der Waals surface area contributed by atoms with Crippen molar-refractivity contribution in [3.05, 3.63) is 48.6 Å². The third kappa shape index (κ3) is 16.4. The molecule has 0 N–H and O–H groups in total. The van der Waals surface area contributed by atoms with Gasteiger partial charge in [0, 0.05) is 6.42 Å². The van der Waals surface area contributed by atoms with Crippen LogP contribution in [0.4, 0.5) is 0 Å². The summed E-state index contributed by atoms with van der Waals surface area (Å²) in [5, 5.41) is 0. The number of rotatable bonds is 12. The van der Waals surface area contributed by atoms with E-state index in [4.69, 9.17) is 0 Å². The molecule has 0 radical (unpaired) electrons. The van der Waals surface area contributed by atoms with E-state index in [1.165, 1.54) is 7.11 Å². The van der Waals surface area contributed by atoms with E-state index in [1.807, 2.05) is 0 Å². The first-order valence-electron chi connectivity index (χ1n) is 7.98. The SMILES string of the molecule is CC/C=C\C/C=C\C/C=C\C/C=C\CCCCC(=O)OC. The molecule has 0 fully saturated rings. The number of hydrogen-bond donors (Lipinski definition) is 0. The number of carbonyl (C=O) groups is 1. The third-order valence-electron chi connectivity index (χ3n) is 2.95. The lowest BCUT2D eigenvalue weighted by Crippen LogP contribution is -1.98. The largest absolute Gasteiger partial charge is 0.469 e. The van der Waals surface area contributed by atoms with Crippen LogP contribution in [-0.2, 0) is 9.53 Å². The first-order valence-corrected chi connectivity index (χ1v) is 7.98. The Kier molecular flexibility index (Phi) is 15.3. The van der Waals surface area contributed by atoms with E-state index in [9.17, 15) is 4.79 Å². The van der Waals surface area contributed by atoms with E-state index in [0.29, 0.717) is 6.42 Å². The second-order valence-corrected chi connectivity index (χ2v) is 4.82. The molecule has 0 aromatic heterocycles. The predicted molar refractivity (Wildman–Crippen MR) is 91.2 cm³/mol. The van der Waals surface area contributed by atoms with Crippen LogP contribution >= 0.6 is 0 Å². The summed E-state index contributed by atoms with van der Waals surface area (Å²) >= 11 is 0. The molecule has 0 aromatic carbocycles. The molecular formula is C19H30O2. The van der Waals surface area contributed by atoms with Gasteiger partial charge in [-0.3, -0.25) is 4.79 Å². The number of methoxy groups -OCH3 is 1. The Morgan fingerprint density at radius 1 is 0.810 bits per heavy atom. The molecule has 0 saturated carbocycles. The molecule has 118 valence electrons. The molecular weight excluding hydrogens is 260 g/mol. The molecule has 0 aliphatic heterocycles. The molecule has 2 heteroatoms. The van der Waals surface area contributed by atoms with Crippen LogP contribution in [0.2, 0.25) is 0 Å². The second-order valence-electron chi connectivity index (χ2n) is 4.82. The number of allylic oxidation sites excluding steroid dienone is 8. The van der Waals surface area contributed by atoms with Crippen LogP contribution < -0.4 is 0 Å². The molecule has 0 spiro atoms. The Labute approximate surface area is 130 Å². The summed E-state index contributed by atoms with van der Waals surface area (Å²) in [5.74, 6) is -0.111. The number of esters is 1. The van der Waals surface area contributed by atoms with Gasteiger partial charge in [-0.2, -0.15) is 0 Å². The Morgan fingerprint density at radius 2 is 1.33 bits per heavy atom. The van der Waals surface area contributed by atoms with Crippen molar-refractivity contribution in [3.63, 3.8) is 0 Å². The van der Waals surface area contributed by atoms with Crippen molar-refractivity contribution < 1.29 is 9.53 Å². The molecule has 0 rings (SSSR count). The summed E-state index contributed by atoms with van der Waals surface area (Å²) in [4.78, 5) is 10.9. The van der Waals surface area contributed by atoms with Crippen LogP contribution in [0.5, 0.6) is 0 Å². The second kappa shape index (κ2) is 16.5. The van der Waals surface area contributed by atoms with E-state index in [1.54, 1.807) is 0 Å². The van der Waals surface area contributed by atoms with Gasteiger partial charge in [-0.05, 0) is 44.9 Å². The van der Waals surface area contributed by atoms with Gasteiger partial charge < -0.3 is 4.74 Å². The highest BCUT2D eigenvalue weighted by atomic mass is 16.5. The fraction of sp³-hybridized carbons (Fsp3) is 0.526. The quantitative estimate of drug-likeness (QED) is 0.268. The summed E-state index contributed by atoms with van der Waals surface area (Å²) in [6.45, 7) is 2.15. The van der Waals surface area contributed by atoms with Crippen LogP contribution in [0, 0.1) is 0 Å². The molecule has 21 heavy (non-hydrogen) atoms. The van der Waals surface area contributed by atoms with Crippen LogP contribution in [0.3, 0.4) is 0 Å². The van der Waals surface area contributed by atoms with Crippen LogP contribution in [-0.4, -0.2) is 13.1 Å². The Hall–Kier alpha value is -1.57. The summed E-state index contributed by atoms with van der Waals surface area (Å²) < 4.78 is 4.59. The summed E-state index contributed by atoms with van der Waals surface area (Å²) in [5.41, 5.74) is 0. The van der Waals surface area contributed by atoms with Gasteiger partial charge >= 0.3 is 5.97 Å². The van der Waals surface area contributed by atoms with E-state index in [0.717, 1.165) is 44.9 Å². The van der Waals surface area contributed by atoms with E-state index in [2.05, 4.69) is 60.3 Å². The van der Waals surface area contributed by atoms with Gasteiger partial charge in [0.1, 0.15) is 0 Å². The zero-order valence-corrected chi connectivity index (χ0v) is 13.6. The molecule has 0 aromatic rings. The zero-order valence-electron chi connectivity index (χ0n) is 13.6. The van der Waals surface area contributed by atoms with Gasteiger partial charge in [-0.15, -0.1) is 0 Å². The maximum absolute atomic E-state index is 10.9. The standard InChI is InChI=1S/C19H30O2/c1-3-4-5-6-7-8-9-10-11-12-13-14-15-16-17-18-19(20)21-2/h4-5,7-8,10-11,13-14H,3,6,9,12,15-18H2,1-2H3/b5-4-,8-7-,11-10-,14-13-. The van der Waals surface area contributed by atoms with Crippen molar-refractivity contribution in [2.75, 3.05) is 7.11 Å². The smallest absolute Gasteiger partial charge is 0.305 e. The van der Waals surface area contributed by atoms with Gasteiger partial charge in [-0.25, -0.2) is 0 Å². The minimum Gasteiger partial charge on any atom is -0.469 e. The van der Waals surface area contributed by atoms with Gasteiger partial charge in [0.25, 0.3) is 0 Å². The molecule has 0 amide bonds. The van der Waals surface area contributed by atoms with Gasteiger partial charge in [-0.1, -0.05) is 55.5 Å². The summed E-state index contributed by atoms with van der Waals surface area (Å²) in [7, 11) is 1.44. The average molecular weight is 290 g/mol. The number of carbonyl (C=O) groups excluding carboxylic acids is 1. The monoisotopic (exact) mass is 290 g/mol. The molecule has 0 saturated heterocycles. The average Bonchev–Trinajstić information content (AvgIpc) is 2.50.